The molecule has 1 aromatic carbocycles. The molecule has 1 aliphatic rings. The number of benzene rings is 1. The highest BCUT2D eigenvalue weighted by Gasteiger charge is 2.16. The summed E-state index contributed by atoms with van der Waals surface area (Å²) in [5.74, 6) is 0.226. The molecule has 3 aromatic rings. The second-order valence-corrected chi connectivity index (χ2v) is 7.31. The summed E-state index contributed by atoms with van der Waals surface area (Å²) in [7, 11) is 0. The summed E-state index contributed by atoms with van der Waals surface area (Å²) in [6.07, 6.45) is 1.75. The minimum absolute atomic E-state index is 0.320. The van der Waals surface area contributed by atoms with E-state index in [-0.39, 0.29) is 11.7 Å². The van der Waals surface area contributed by atoms with Crippen LogP contribution in [0, 0.1) is 12.7 Å². The van der Waals surface area contributed by atoms with Crippen molar-refractivity contribution >= 4 is 28.7 Å². The number of aromatic nitrogens is 2. The van der Waals surface area contributed by atoms with Crippen LogP contribution in [0.4, 0.5) is 15.9 Å². The first-order chi connectivity index (χ1) is 13.6. The van der Waals surface area contributed by atoms with Crippen LogP contribution in [0.5, 0.6) is 0 Å². The third kappa shape index (κ3) is 4.02. The van der Waals surface area contributed by atoms with Crippen molar-refractivity contribution in [2.75, 3.05) is 36.5 Å². The van der Waals surface area contributed by atoms with Gasteiger partial charge in [0.1, 0.15) is 22.3 Å². The van der Waals surface area contributed by atoms with E-state index in [0.29, 0.717) is 30.2 Å². The number of pyridine rings is 1. The molecule has 0 atom stereocenters. The minimum atomic E-state index is -0.333. The van der Waals surface area contributed by atoms with Gasteiger partial charge in [-0.1, -0.05) is 0 Å². The van der Waals surface area contributed by atoms with Crippen molar-refractivity contribution < 1.29 is 13.9 Å². The number of carbonyl (C=O) groups is 1. The molecule has 0 spiro atoms. The van der Waals surface area contributed by atoms with Gasteiger partial charge in [-0.25, -0.2) is 14.4 Å². The Morgan fingerprint density at radius 1 is 1.25 bits per heavy atom. The molecule has 0 saturated carbocycles. The standard InChI is InChI=1S/C20H19FN4O2S/c1-13-10-15(21)2-3-16(13)23-19(26)17-12-28-20(24-17)14-4-5-22-18(11-14)25-6-8-27-9-7-25/h2-5,10-12H,6-9H2,1H3,(H,23,26). The van der Waals surface area contributed by atoms with Crippen molar-refractivity contribution in [3.05, 3.63) is 59.0 Å². The molecule has 144 valence electrons. The predicted octanol–water partition coefficient (Wildman–Crippen LogP) is 3.74. The lowest BCUT2D eigenvalue weighted by atomic mass is 10.2. The lowest BCUT2D eigenvalue weighted by molar-refractivity contribution is 0.102. The van der Waals surface area contributed by atoms with Crippen LogP contribution in [-0.2, 0) is 4.74 Å². The van der Waals surface area contributed by atoms with Gasteiger partial charge in [0.25, 0.3) is 5.91 Å². The zero-order chi connectivity index (χ0) is 19.5. The highest BCUT2D eigenvalue weighted by molar-refractivity contribution is 7.13. The van der Waals surface area contributed by atoms with Gasteiger partial charge >= 0.3 is 0 Å². The number of rotatable bonds is 4. The van der Waals surface area contributed by atoms with Gasteiger partial charge in [-0.15, -0.1) is 11.3 Å². The van der Waals surface area contributed by atoms with E-state index in [2.05, 4.69) is 20.2 Å². The molecule has 1 fully saturated rings. The summed E-state index contributed by atoms with van der Waals surface area (Å²) in [5.41, 5.74) is 2.47. The zero-order valence-corrected chi connectivity index (χ0v) is 16.1. The quantitative estimate of drug-likeness (QED) is 0.725. The van der Waals surface area contributed by atoms with Gasteiger partial charge in [-0.3, -0.25) is 4.79 Å². The van der Waals surface area contributed by atoms with E-state index in [1.807, 2.05) is 12.1 Å². The Bertz CT molecular complexity index is 1000. The Hall–Kier alpha value is -2.84. The summed E-state index contributed by atoms with van der Waals surface area (Å²) in [6.45, 7) is 4.74. The average Bonchev–Trinajstić information content (AvgIpc) is 3.21. The maximum absolute atomic E-state index is 13.2. The minimum Gasteiger partial charge on any atom is -0.378 e. The highest BCUT2D eigenvalue weighted by Crippen LogP contribution is 2.27. The number of aryl methyl sites for hydroxylation is 1. The van der Waals surface area contributed by atoms with Crippen molar-refractivity contribution in [3.63, 3.8) is 0 Å². The van der Waals surface area contributed by atoms with Crippen molar-refractivity contribution in [3.8, 4) is 10.6 Å². The number of anilines is 2. The maximum Gasteiger partial charge on any atom is 0.275 e. The molecule has 1 amide bonds. The zero-order valence-electron chi connectivity index (χ0n) is 15.3. The maximum atomic E-state index is 13.2. The van der Waals surface area contributed by atoms with Gasteiger partial charge in [0.15, 0.2) is 0 Å². The number of morpholine rings is 1. The summed E-state index contributed by atoms with van der Waals surface area (Å²) < 4.78 is 18.6. The number of halogens is 1. The van der Waals surface area contributed by atoms with Crippen LogP contribution in [0.3, 0.4) is 0 Å². The molecule has 28 heavy (non-hydrogen) atoms. The first-order valence-corrected chi connectivity index (χ1v) is 9.80. The van der Waals surface area contributed by atoms with Crippen LogP contribution in [0.1, 0.15) is 16.1 Å². The van der Waals surface area contributed by atoms with Gasteiger partial charge in [0.2, 0.25) is 0 Å². The van der Waals surface area contributed by atoms with E-state index in [1.54, 1.807) is 24.6 Å². The molecule has 2 aromatic heterocycles. The van der Waals surface area contributed by atoms with E-state index in [4.69, 9.17) is 4.74 Å². The molecule has 4 rings (SSSR count). The van der Waals surface area contributed by atoms with Crippen molar-refractivity contribution in [1.82, 2.24) is 9.97 Å². The molecule has 0 aliphatic carbocycles. The number of hydrogen-bond acceptors (Lipinski definition) is 6. The Kier molecular flexibility index (Phi) is 5.31. The van der Waals surface area contributed by atoms with Gasteiger partial charge < -0.3 is 15.0 Å². The summed E-state index contributed by atoms with van der Waals surface area (Å²) in [4.78, 5) is 23.6. The Balaban J connectivity index is 1.51. The van der Waals surface area contributed by atoms with Gasteiger partial charge in [0.05, 0.1) is 13.2 Å². The molecule has 0 radical (unpaired) electrons. The third-order valence-electron chi connectivity index (χ3n) is 4.50. The fourth-order valence-corrected chi connectivity index (χ4v) is 3.78. The SMILES string of the molecule is Cc1cc(F)ccc1NC(=O)c1csc(-c2ccnc(N3CCOCC3)c2)n1. The Morgan fingerprint density at radius 3 is 2.86 bits per heavy atom. The fourth-order valence-electron chi connectivity index (χ4n) is 2.98. The average molecular weight is 398 g/mol. The van der Waals surface area contributed by atoms with Crippen LogP contribution in [0.25, 0.3) is 10.6 Å². The van der Waals surface area contributed by atoms with E-state index in [0.717, 1.165) is 29.5 Å². The highest BCUT2D eigenvalue weighted by atomic mass is 32.1. The summed E-state index contributed by atoms with van der Waals surface area (Å²) in [6, 6.07) is 8.11. The molecule has 0 unspecified atom stereocenters. The van der Waals surface area contributed by atoms with Gasteiger partial charge in [0, 0.05) is 35.9 Å². The van der Waals surface area contributed by atoms with Crippen LogP contribution in [0.15, 0.2) is 41.9 Å². The lowest BCUT2D eigenvalue weighted by Crippen LogP contribution is -2.36. The van der Waals surface area contributed by atoms with Crippen LogP contribution >= 0.6 is 11.3 Å². The molecule has 0 bridgehead atoms. The second-order valence-electron chi connectivity index (χ2n) is 6.45. The Morgan fingerprint density at radius 2 is 2.07 bits per heavy atom. The van der Waals surface area contributed by atoms with Crippen LogP contribution < -0.4 is 10.2 Å². The van der Waals surface area contributed by atoms with Crippen LogP contribution in [-0.4, -0.2) is 42.2 Å². The van der Waals surface area contributed by atoms with Crippen molar-refractivity contribution in [1.29, 1.82) is 0 Å². The van der Waals surface area contributed by atoms with E-state index in [1.165, 1.54) is 23.5 Å². The molecule has 1 N–H and O–H groups in total. The number of carbonyl (C=O) groups excluding carboxylic acids is 1. The molecule has 8 heteroatoms. The fraction of sp³-hybridized carbons (Fsp3) is 0.250. The number of hydrogen-bond donors (Lipinski definition) is 1. The number of nitrogens with one attached hydrogen (secondary N) is 1. The molecular formula is C20H19FN4O2S. The Labute approximate surface area is 166 Å². The number of nitrogens with zero attached hydrogens (tertiary/aromatic N) is 3. The number of amides is 1. The van der Waals surface area contributed by atoms with E-state index >= 15 is 0 Å². The molecular weight excluding hydrogens is 379 g/mol. The normalized spacial score (nSPS) is 14.1. The van der Waals surface area contributed by atoms with E-state index < -0.39 is 0 Å². The number of thiazole rings is 1. The third-order valence-corrected chi connectivity index (χ3v) is 5.39. The first kappa shape index (κ1) is 18.5. The molecule has 1 aliphatic heterocycles. The lowest BCUT2D eigenvalue weighted by Gasteiger charge is -2.27. The largest absolute Gasteiger partial charge is 0.378 e. The molecule has 3 heterocycles. The monoisotopic (exact) mass is 398 g/mol. The number of ether oxygens (including phenoxy) is 1. The molecule has 1 saturated heterocycles. The van der Waals surface area contributed by atoms with E-state index in [9.17, 15) is 9.18 Å². The summed E-state index contributed by atoms with van der Waals surface area (Å²) in [5, 5.41) is 5.25. The smallest absolute Gasteiger partial charge is 0.275 e. The van der Waals surface area contributed by atoms with Crippen molar-refractivity contribution in [2.24, 2.45) is 0 Å². The second kappa shape index (κ2) is 8.04. The topological polar surface area (TPSA) is 67.4 Å². The summed E-state index contributed by atoms with van der Waals surface area (Å²) >= 11 is 1.40. The van der Waals surface area contributed by atoms with Crippen molar-refractivity contribution in [2.45, 2.75) is 6.92 Å². The predicted molar refractivity (Wildman–Crippen MR) is 107 cm³/mol. The van der Waals surface area contributed by atoms with Gasteiger partial charge in [-0.2, -0.15) is 0 Å². The first-order valence-electron chi connectivity index (χ1n) is 8.92. The van der Waals surface area contributed by atoms with Crippen LogP contribution in [0.2, 0.25) is 0 Å². The van der Waals surface area contributed by atoms with Gasteiger partial charge in [-0.05, 0) is 42.8 Å². The molecule has 6 nitrogen and oxygen atoms in total.